The molecule has 0 spiro atoms. The van der Waals surface area contributed by atoms with E-state index in [0.29, 0.717) is 47.2 Å². The van der Waals surface area contributed by atoms with Crippen molar-refractivity contribution in [1.29, 1.82) is 0 Å². The van der Waals surface area contributed by atoms with Gasteiger partial charge in [-0.25, -0.2) is 0 Å². The molecule has 1 N–H and O–H groups in total. The first-order valence-electron chi connectivity index (χ1n) is 14.0. The molecule has 6 nitrogen and oxygen atoms in total. The number of aromatic nitrogens is 1. The van der Waals surface area contributed by atoms with Crippen molar-refractivity contribution in [3.8, 4) is 11.5 Å². The molecule has 3 unspecified atom stereocenters. The van der Waals surface area contributed by atoms with E-state index >= 15 is 0 Å². The Hall–Kier alpha value is -3.28. The molecule has 5 aliphatic rings. The number of anilines is 1. The molecule has 198 valence electrons. The lowest BCUT2D eigenvalue weighted by Gasteiger charge is -2.65. The molecule has 6 heteroatoms. The van der Waals surface area contributed by atoms with Crippen LogP contribution in [0.5, 0.6) is 11.5 Å². The van der Waals surface area contributed by atoms with Gasteiger partial charge in [-0.1, -0.05) is 32.0 Å². The van der Waals surface area contributed by atoms with E-state index in [2.05, 4.69) is 19.2 Å². The molecule has 0 saturated heterocycles. The third kappa shape index (κ3) is 4.09. The smallest absolute Gasteiger partial charge is 0.258 e. The summed E-state index contributed by atoms with van der Waals surface area (Å²) in [5.41, 5.74) is 1.50. The Kier molecular flexibility index (Phi) is 5.24. The molecule has 4 bridgehead atoms. The minimum Gasteiger partial charge on any atom is -0.486 e. The molecular weight excluding hydrogens is 476 g/mol. The normalized spacial score (nSPS) is 32.9. The Morgan fingerprint density at radius 2 is 1.71 bits per heavy atom. The summed E-state index contributed by atoms with van der Waals surface area (Å²) >= 11 is 0. The highest BCUT2D eigenvalue weighted by Crippen LogP contribution is 2.70. The fourth-order valence-corrected chi connectivity index (χ4v) is 9.36. The van der Waals surface area contributed by atoms with Crippen molar-refractivity contribution in [2.75, 3.05) is 11.9 Å². The number of carbonyl (C=O) groups is 1. The van der Waals surface area contributed by atoms with Gasteiger partial charge in [-0.15, -0.1) is 0 Å². The number of amides is 1. The number of nitrogens with one attached hydrogen (secondary N) is 1. The number of rotatable bonds is 5. The second kappa shape index (κ2) is 8.36. The van der Waals surface area contributed by atoms with Crippen LogP contribution in [0.25, 0.3) is 10.8 Å². The van der Waals surface area contributed by atoms with Crippen molar-refractivity contribution in [1.82, 2.24) is 4.57 Å². The van der Waals surface area contributed by atoms with Crippen LogP contribution in [0, 0.1) is 22.2 Å². The number of benzene rings is 2. The van der Waals surface area contributed by atoms with E-state index in [9.17, 15) is 9.59 Å². The van der Waals surface area contributed by atoms with E-state index in [0.717, 1.165) is 29.9 Å². The minimum atomic E-state index is -0.257. The molecule has 0 radical (unpaired) electrons. The first-order valence-corrected chi connectivity index (χ1v) is 14.0. The Bertz CT molecular complexity index is 1470. The Balaban J connectivity index is 1.09. The predicted octanol–water partition coefficient (Wildman–Crippen LogP) is 6.17. The first kappa shape index (κ1) is 23.8. The van der Waals surface area contributed by atoms with Gasteiger partial charge in [-0.2, -0.15) is 0 Å². The van der Waals surface area contributed by atoms with Crippen LogP contribution in [-0.2, 0) is 11.3 Å². The molecule has 3 atom stereocenters. The molecule has 1 amide bonds. The number of hydrogen-bond acceptors (Lipinski definition) is 4. The van der Waals surface area contributed by atoms with Crippen LogP contribution in [0.2, 0.25) is 0 Å². The highest BCUT2D eigenvalue weighted by molar-refractivity contribution is 6.02. The van der Waals surface area contributed by atoms with Crippen LogP contribution >= 0.6 is 0 Å². The van der Waals surface area contributed by atoms with Crippen LogP contribution in [0.1, 0.15) is 58.8 Å². The SMILES string of the molecule is CC12CC3CC(C)(C1)CC(CC(=O)Nc1cccc4c(=O)n(CC5COc6ccccc6O5)ccc14)(C3)C2. The van der Waals surface area contributed by atoms with Crippen molar-refractivity contribution >= 4 is 22.4 Å². The lowest BCUT2D eigenvalue weighted by Crippen LogP contribution is -2.55. The fraction of sp³-hybridized carbons (Fsp3) is 0.500. The number of pyridine rings is 1. The summed E-state index contributed by atoms with van der Waals surface area (Å²) in [7, 11) is 0. The van der Waals surface area contributed by atoms with Gasteiger partial charge in [0.15, 0.2) is 17.6 Å². The molecule has 1 aromatic heterocycles. The molecule has 38 heavy (non-hydrogen) atoms. The largest absolute Gasteiger partial charge is 0.486 e. The molecule has 3 aromatic rings. The van der Waals surface area contributed by atoms with E-state index in [1.807, 2.05) is 48.5 Å². The molecule has 4 aliphatic carbocycles. The molecule has 2 heterocycles. The Morgan fingerprint density at radius 3 is 2.47 bits per heavy atom. The van der Waals surface area contributed by atoms with Crippen LogP contribution < -0.4 is 20.3 Å². The summed E-state index contributed by atoms with van der Waals surface area (Å²) in [5, 5.41) is 4.56. The van der Waals surface area contributed by atoms with Gasteiger partial charge in [-0.3, -0.25) is 9.59 Å². The quantitative estimate of drug-likeness (QED) is 0.444. The van der Waals surface area contributed by atoms with Crippen molar-refractivity contribution in [3.63, 3.8) is 0 Å². The van der Waals surface area contributed by atoms with E-state index < -0.39 is 0 Å². The average Bonchev–Trinajstić information content (AvgIpc) is 2.83. The molecule has 2 aromatic carbocycles. The third-order valence-electron chi connectivity index (χ3n) is 9.54. The Morgan fingerprint density at radius 1 is 0.947 bits per heavy atom. The lowest BCUT2D eigenvalue weighted by molar-refractivity contribution is -0.153. The first-order chi connectivity index (χ1) is 18.2. The number of hydrogen-bond donors (Lipinski definition) is 1. The maximum absolute atomic E-state index is 13.4. The van der Waals surface area contributed by atoms with E-state index in [-0.39, 0.29) is 23.0 Å². The topological polar surface area (TPSA) is 69.6 Å². The van der Waals surface area contributed by atoms with Gasteiger partial charge in [0.2, 0.25) is 5.91 Å². The van der Waals surface area contributed by atoms with Gasteiger partial charge in [-0.05, 0) is 91.0 Å². The van der Waals surface area contributed by atoms with Crippen molar-refractivity contribution in [3.05, 3.63) is 65.1 Å². The maximum Gasteiger partial charge on any atom is 0.258 e. The second-order valence-corrected chi connectivity index (χ2v) is 13.4. The van der Waals surface area contributed by atoms with Crippen molar-refractivity contribution in [2.24, 2.45) is 22.2 Å². The number of nitrogens with zero attached hydrogens (tertiary/aromatic N) is 1. The maximum atomic E-state index is 13.4. The highest BCUT2D eigenvalue weighted by Gasteiger charge is 2.60. The van der Waals surface area contributed by atoms with E-state index in [1.54, 1.807) is 10.8 Å². The molecule has 4 fully saturated rings. The van der Waals surface area contributed by atoms with Crippen molar-refractivity contribution < 1.29 is 14.3 Å². The molecule has 8 rings (SSSR count). The van der Waals surface area contributed by atoms with Gasteiger partial charge in [0, 0.05) is 29.1 Å². The van der Waals surface area contributed by atoms with E-state index in [4.69, 9.17) is 9.47 Å². The number of fused-ring (bicyclic) bond motifs is 2. The molecular formula is C32H36N2O4. The minimum absolute atomic E-state index is 0.0715. The van der Waals surface area contributed by atoms with Crippen LogP contribution in [0.15, 0.2) is 59.5 Å². The summed E-state index contributed by atoms with van der Waals surface area (Å²) in [4.78, 5) is 26.8. The van der Waals surface area contributed by atoms with Gasteiger partial charge < -0.3 is 19.4 Å². The van der Waals surface area contributed by atoms with Gasteiger partial charge in [0.05, 0.1) is 6.54 Å². The van der Waals surface area contributed by atoms with Gasteiger partial charge in [0.25, 0.3) is 5.56 Å². The zero-order chi connectivity index (χ0) is 26.1. The van der Waals surface area contributed by atoms with Gasteiger partial charge in [0.1, 0.15) is 6.61 Å². The summed E-state index contributed by atoms with van der Waals surface area (Å²) in [5.74, 6) is 2.26. The number of ether oxygens (including phenoxy) is 2. The lowest BCUT2D eigenvalue weighted by atomic mass is 9.40. The monoisotopic (exact) mass is 512 g/mol. The molecule has 4 saturated carbocycles. The summed E-state index contributed by atoms with van der Waals surface area (Å²) < 4.78 is 13.6. The predicted molar refractivity (Wildman–Crippen MR) is 148 cm³/mol. The standard InChI is InChI=1S/C32H36N2O4/c1-30-12-21-13-31(2,18-30)20-32(14-21,19-30)15-28(35)33-25-7-5-6-24-23(25)10-11-34(29(24)36)16-22-17-37-26-8-3-4-9-27(26)38-22/h3-11,21-22H,12-20H2,1-2H3,(H,33,35). The zero-order valence-electron chi connectivity index (χ0n) is 22.3. The van der Waals surface area contributed by atoms with Crippen LogP contribution in [0.4, 0.5) is 5.69 Å². The third-order valence-corrected chi connectivity index (χ3v) is 9.54. The van der Waals surface area contributed by atoms with Crippen LogP contribution in [-0.4, -0.2) is 23.2 Å². The zero-order valence-corrected chi connectivity index (χ0v) is 22.3. The highest BCUT2D eigenvalue weighted by atomic mass is 16.6. The Labute approximate surface area is 223 Å². The molecule has 1 aliphatic heterocycles. The number of para-hydroxylation sites is 2. The summed E-state index contributed by atoms with van der Waals surface area (Å²) in [6, 6.07) is 15.1. The van der Waals surface area contributed by atoms with Crippen molar-refractivity contribution in [2.45, 2.75) is 71.4 Å². The summed E-state index contributed by atoms with van der Waals surface area (Å²) in [6.07, 6.45) is 9.58. The van der Waals surface area contributed by atoms with Gasteiger partial charge >= 0.3 is 0 Å². The number of carbonyl (C=O) groups excluding carboxylic acids is 1. The average molecular weight is 513 g/mol. The fourth-order valence-electron chi connectivity index (χ4n) is 9.36. The summed E-state index contributed by atoms with van der Waals surface area (Å²) in [6.45, 7) is 5.67. The van der Waals surface area contributed by atoms with E-state index in [1.165, 1.54) is 25.7 Å². The van der Waals surface area contributed by atoms with Crippen LogP contribution in [0.3, 0.4) is 0 Å². The second-order valence-electron chi connectivity index (χ2n) is 13.4.